The molecule has 2 aromatic rings. The van der Waals surface area contributed by atoms with Gasteiger partial charge in [0.05, 0.1) is 6.61 Å². The van der Waals surface area contributed by atoms with E-state index in [2.05, 4.69) is 20.6 Å². The van der Waals surface area contributed by atoms with Gasteiger partial charge in [0.2, 0.25) is 5.95 Å². The highest BCUT2D eigenvalue weighted by atomic mass is 16.5. The minimum atomic E-state index is -0.263. The predicted octanol–water partition coefficient (Wildman–Crippen LogP) is 2.10. The molecule has 0 aliphatic heterocycles. The molecule has 0 aliphatic rings. The molecule has 110 valence electrons. The standard InChI is InChI=1S/C15H18N4O2/c1-11-5-3-4-6-12(11)18-14(20)13-7-8-16-15(19-13)17-9-10-21-2/h3-8H,9-10H2,1-2H3,(H,18,20)(H,16,17,19). The highest BCUT2D eigenvalue weighted by Crippen LogP contribution is 2.14. The summed E-state index contributed by atoms with van der Waals surface area (Å²) in [5, 5.41) is 5.83. The predicted molar refractivity (Wildman–Crippen MR) is 81.5 cm³/mol. The second-order valence-electron chi connectivity index (χ2n) is 4.45. The Labute approximate surface area is 123 Å². The number of rotatable bonds is 6. The van der Waals surface area contributed by atoms with Crippen molar-refractivity contribution in [1.29, 1.82) is 0 Å². The van der Waals surface area contributed by atoms with Crippen molar-refractivity contribution in [2.45, 2.75) is 6.92 Å². The number of aryl methyl sites for hydroxylation is 1. The molecule has 0 unspecified atom stereocenters. The molecular weight excluding hydrogens is 268 g/mol. The molecule has 1 heterocycles. The van der Waals surface area contributed by atoms with Crippen molar-refractivity contribution in [3.05, 3.63) is 47.8 Å². The molecule has 0 bridgehead atoms. The molecule has 0 fully saturated rings. The van der Waals surface area contributed by atoms with Gasteiger partial charge in [0.1, 0.15) is 5.69 Å². The van der Waals surface area contributed by atoms with Crippen molar-refractivity contribution in [2.24, 2.45) is 0 Å². The molecule has 1 aromatic heterocycles. The molecule has 6 nitrogen and oxygen atoms in total. The molecular formula is C15H18N4O2. The average Bonchev–Trinajstić information content (AvgIpc) is 2.50. The molecule has 1 aromatic carbocycles. The number of ether oxygens (including phenoxy) is 1. The largest absolute Gasteiger partial charge is 0.383 e. The number of amides is 1. The number of methoxy groups -OCH3 is 1. The van der Waals surface area contributed by atoms with Crippen molar-refractivity contribution < 1.29 is 9.53 Å². The maximum atomic E-state index is 12.2. The van der Waals surface area contributed by atoms with Crippen molar-refractivity contribution in [3.8, 4) is 0 Å². The number of carbonyl (C=O) groups excluding carboxylic acids is 1. The molecule has 0 aliphatic carbocycles. The van der Waals surface area contributed by atoms with Crippen LogP contribution in [0.5, 0.6) is 0 Å². The lowest BCUT2D eigenvalue weighted by molar-refractivity contribution is 0.102. The van der Waals surface area contributed by atoms with Crippen LogP contribution in [0.2, 0.25) is 0 Å². The zero-order chi connectivity index (χ0) is 15.1. The van der Waals surface area contributed by atoms with E-state index in [0.717, 1.165) is 11.3 Å². The second-order valence-corrected chi connectivity index (χ2v) is 4.45. The highest BCUT2D eigenvalue weighted by molar-refractivity contribution is 6.03. The van der Waals surface area contributed by atoms with Crippen LogP contribution in [0.4, 0.5) is 11.6 Å². The number of carbonyl (C=O) groups is 1. The number of nitrogens with zero attached hydrogens (tertiary/aromatic N) is 2. The Morgan fingerprint density at radius 2 is 2.10 bits per heavy atom. The van der Waals surface area contributed by atoms with E-state index >= 15 is 0 Å². The quantitative estimate of drug-likeness (QED) is 0.795. The first kappa shape index (κ1) is 14.9. The van der Waals surface area contributed by atoms with Gasteiger partial charge in [-0.1, -0.05) is 18.2 Å². The van der Waals surface area contributed by atoms with Gasteiger partial charge in [-0.05, 0) is 24.6 Å². The fraction of sp³-hybridized carbons (Fsp3) is 0.267. The van der Waals surface area contributed by atoms with Gasteiger partial charge in [0, 0.05) is 25.5 Å². The smallest absolute Gasteiger partial charge is 0.274 e. The van der Waals surface area contributed by atoms with E-state index in [4.69, 9.17) is 4.74 Å². The Morgan fingerprint density at radius 1 is 1.29 bits per heavy atom. The Kier molecular flexibility index (Phi) is 5.22. The summed E-state index contributed by atoms with van der Waals surface area (Å²) < 4.78 is 4.94. The third kappa shape index (κ3) is 4.25. The average molecular weight is 286 g/mol. The van der Waals surface area contributed by atoms with E-state index in [0.29, 0.717) is 24.8 Å². The van der Waals surface area contributed by atoms with Crippen LogP contribution in [-0.2, 0) is 4.74 Å². The maximum Gasteiger partial charge on any atom is 0.274 e. The van der Waals surface area contributed by atoms with Gasteiger partial charge < -0.3 is 15.4 Å². The van der Waals surface area contributed by atoms with Crippen LogP contribution in [0.25, 0.3) is 0 Å². The lowest BCUT2D eigenvalue weighted by atomic mass is 10.2. The van der Waals surface area contributed by atoms with Gasteiger partial charge in [-0.2, -0.15) is 0 Å². The summed E-state index contributed by atoms with van der Waals surface area (Å²) in [6.07, 6.45) is 1.55. The van der Waals surface area contributed by atoms with Gasteiger partial charge >= 0.3 is 0 Å². The number of anilines is 2. The first-order valence-electron chi connectivity index (χ1n) is 6.63. The third-order valence-corrected chi connectivity index (χ3v) is 2.87. The molecule has 6 heteroatoms. The Balaban J connectivity index is 2.05. The number of benzene rings is 1. The van der Waals surface area contributed by atoms with Crippen LogP contribution in [0.1, 0.15) is 16.1 Å². The number of nitrogens with one attached hydrogen (secondary N) is 2. The zero-order valence-electron chi connectivity index (χ0n) is 12.1. The van der Waals surface area contributed by atoms with Crippen LogP contribution in [-0.4, -0.2) is 36.1 Å². The first-order valence-corrected chi connectivity index (χ1v) is 6.63. The van der Waals surface area contributed by atoms with Gasteiger partial charge in [-0.25, -0.2) is 9.97 Å². The third-order valence-electron chi connectivity index (χ3n) is 2.87. The molecule has 0 spiro atoms. The summed E-state index contributed by atoms with van der Waals surface area (Å²) in [4.78, 5) is 20.4. The molecule has 2 rings (SSSR count). The summed E-state index contributed by atoms with van der Waals surface area (Å²) in [6, 6.07) is 9.17. The first-order chi connectivity index (χ1) is 10.2. The minimum absolute atomic E-state index is 0.263. The Bertz CT molecular complexity index is 616. The molecule has 0 radical (unpaired) electrons. The van der Waals surface area contributed by atoms with Crippen molar-refractivity contribution in [1.82, 2.24) is 9.97 Å². The van der Waals surface area contributed by atoms with Crippen LogP contribution >= 0.6 is 0 Å². The van der Waals surface area contributed by atoms with E-state index < -0.39 is 0 Å². The fourth-order valence-electron chi connectivity index (χ4n) is 1.73. The van der Waals surface area contributed by atoms with E-state index in [9.17, 15) is 4.79 Å². The topological polar surface area (TPSA) is 76.1 Å². The number of aromatic nitrogens is 2. The second kappa shape index (κ2) is 7.35. The lowest BCUT2D eigenvalue weighted by Gasteiger charge is -2.08. The molecule has 21 heavy (non-hydrogen) atoms. The van der Waals surface area contributed by atoms with Gasteiger partial charge in [0.25, 0.3) is 5.91 Å². The summed E-state index contributed by atoms with van der Waals surface area (Å²) >= 11 is 0. The number of hydrogen-bond acceptors (Lipinski definition) is 5. The molecule has 0 atom stereocenters. The summed E-state index contributed by atoms with van der Waals surface area (Å²) in [5.74, 6) is 0.144. The highest BCUT2D eigenvalue weighted by Gasteiger charge is 2.10. The van der Waals surface area contributed by atoms with E-state index in [1.54, 1.807) is 19.4 Å². The van der Waals surface area contributed by atoms with E-state index in [-0.39, 0.29) is 5.91 Å². The van der Waals surface area contributed by atoms with E-state index in [1.165, 1.54) is 0 Å². The Hall–Kier alpha value is -2.47. The normalized spacial score (nSPS) is 10.2. The number of hydrogen-bond donors (Lipinski definition) is 2. The molecule has 2 N–H and O–H groups in total. The van der Waals surface area contributed by atoms with Gasteiger partial charge in [-0.3, -0.25) is 4.79 Å². The van der Waals surface area contributed by atoms with Crippen LogP contribution in [0, 0.1) is 6.92 Å². The number of para-hydroxylation sites is 1. The fourth-order valence-corrected chi connectivity index (χ4v) is 1.73. The summed E-state index contributed by atoms with van der Waals surface area (Å²) in [7, 11) is 1.62. The zero-order valence-corrected chi connectivity index (χ0v) is 12.1. The van der Waals surface area contributed by atoms with E-state index in [1.807, 2.05) is 31.2 Å². The minimum Gasteiger partial charge on any atom is -0.383 e. The Morgan fingerprint density at radius 3 is 2.86 bits per heavy atom. The molecule has 0 saturated carbocycles. The maximum absolute atomic E-state index is 12.2. The van der Waals surface area contributed by atoms with Crippen molar-refractivity contribution in [3.63, 3.8) is 0 Å². The van der Waals surface area contributed by atoms with Crippen LogP contribution in [0.3, 0.4) is 0 Å². The molecule has 1 amide bonds. The molecule has 0 saturated heterocycles. The van der Waals surface area contributed by atoms with Crippen molar-refractivity contribution >= 4 is 17.5 Å². The van der Waals surface area contributed by atoms with Crippen LogP contribution in [0.15, 0.2) is 36.5 Å². The monoisotopic (exact) mass is 286 g/mol. The SMILES string of the molecule is COCCNc1nccc(C(=O)Nc2ccccc2C)n1. The van der Waals surface area contributed by atoms with Crippen LogP contribution < -0.4 is 10.6 Å². The van der Waals surface area contributed by atoms with Gasteiger partial charge in [0.15, 0.2) is 0 Å². The summed E-state index contributed by atoms with van der Waals surface area (Å²) in [5.41, 5.74) is 2.08. The summed E-state index contributed by atoms with van der Waals surface area (Å²) in [6.45, 7) is 3.07. The lowest BCUT2D eigenvalue weighted by Crippen LogP contribution is -2.17. The van der Waals surface area contributed by atoms with Gasteiger partial charge in [-0.15, -0.1) is 0 Å². The van der Waals surface area contributed by atoms with Crippen molar-refractivity contribution in [2.75, 3.05) is 30.9 Å².